The van der Waals surface area contributed by atoms with E-state index in [-0.39, 0.29) is 5.41 Å². The molecule has 1 aromatic rings. The summed E-state index contributed by atoms with van der Waals surface area (Å²) in [6.07, 6.45) is 7.07. The van der Waals surface area contributed by atoms with Crippen molar-refractivity contribution in [2.45, 2.75) is 78.1 Å². The van der Waals surface area contributed by atoms with Crippen LogP contribution in [0.5, 0.6) is 0 Å². The zero-order chi connectivity index (χ0) is 13.3. The van der Waals surface area contributed by atoms with E-state index in [1.807, 2.05) is 0 Å². The van der Waals surface area contributed by atoms with Gasteiger partial charge in [0.15, 0.2) is 0 Å². The summed E-state index contributed by atoms with van der Waals surface area (Å²) in [5.41, 5.74) is 6.38. The fraction of sp³-hybridized carbons (Fsp3) is 0.667. The van der Waals surface area contributed by atoms with Gasteiger partial charge in [-0.1, -0.05) is 52.2 Å². The average molecular weight is 244 g/mol. The standard InChI is InChI=1S/C18H28/c1-13-11-16(15-9-7-6-8-10-15)12-14(2)17(13)18(3,4)5/h11-12,15H,6-10H2,1-5H3. The summed E-state index contributed by atoms with van der Waals surface area (Å²) in [7, 11) is 0. The molecule has 0 saturated heterocycles. The van der Waals surface area contributed by atoms with Crippen LogP contribution in [0.2, 0.25) is 0 Å². The van der Waals surface area contributed by atoms with E-state index in [0.29, 0.717) is 0 Å². The van der Waals surface area contributed by atoms with Gasteiger partial charge in [-0.25, -0.2) is 0 Å². The predicted octanol–water partition coefficient (Wildman–Crippen LogP) is 5.65. The van der Waals surface area contributed by atoms with E-state index < -0.39 is 0 Å². The van der Waals surface area contributed by atoms with Crippen molar-refractivity contribution in [2.24, 2.45) is 0 Å². The first-order valence-electron chi connectivity index (χ1n) is 7.51. The van der Waals surface area contributed by atoms with Crippen LogP contribution in [-0.2, 0) is 5.41 Å². The van der Waals surface area contributed by atoms with Gasteiger partial charge in [0.05, 0.1) is 0 Å². The normalized spacial score (nSPS) is 18.1. The summed E-state index contributed by atoms with van der Waals surface area (Å²) in [6, 6.07) is 4.92. The Hall–Kier alpha value is -0.780. The molecule has 0 heterocycles. The Morgan fingerprint density at radius 2 is 1.39 bits per heavy atom. The number of aryl methyl sites for hydroxylation is 2. The largest absolute Gasteiger partial charge is 0.0561 e. The Morgan fingerprint density at radius 1 is 0.889 bits per heavy atom. The van der Waals surface area contributed by atoms with E-state index in [0.717, 1.165) is 5.92 Å². The molecule has 0 unspecified atom stereocenters. The zero-order valence-electron chi connectivity index (χ0n) is 12.8. The lowest BCUT2D eigenvalue weighted by Gasteiger charge is -2.28. The molecule has 0 N–H and O–H groups in total. The minimum Gasteiger partial charge on any atom is -0.0561 e. The molecule has 1 saturated carbocycles. The first-order chi connectivity index (χ1) is 8.39. The van der Waals surface area contributed by atoms with Crippen LogP contribution in [0, 0.1) is 13.8 Å². The van der Waals surface area contributed by atoms with Crippen molar-refractivity contribution in [3.05, 3.63) is 34.4 Å². The lowest BCUT2D eigenvalue weighted by molar-refractivity contribution is 0.443. The third-order valence-electron chi connectivity index (χ3n) is 4.38. The maximum atomic E-state index is 2.46. The molecule has 1 aliphatic carbocycles. The summed E-state index contributed by atoms with van der Waals surface area (Å²) in [5, 5.41) is 0. The van der Waals surface area contributed by atoms with Gasteiger partial charge in [0.2, 0.25) is 0 Å². The minimum atomic E-state index is 0.263. The smallest absolute Gasteiger partial charge is 0.0127 e. The lowest BCUT2D eigenvalue weighted by atomic mass is 9.77. The van der Waals surface area contributed by atoms with Crippen molar-refractivity contribution in [2.75, 3.05) is 0 Å². The second-order valence-electron chi connectivity index (χ2n) is 7.11. The molecule has 0 heteroatoms. The van der Waals surface area contributed by atoms with E-state index in [4.69, 9.17) is 0 Å². The summed E-state index contributed by atoms with van der Waals surface area (Å²) < 4.78 is 0. The average Bonchev–Trinajstić information content (AvgIpc) is 2.27. The van der Waals surface area contributed by atoms with Crippen molar-refractivity contribution in [1.29, 1.82) is 0 Å². The van der Waals surface area contributed by atoms with Crippen LogP contribution in [0.15, 0.2) is 12.1 Å². The van der Waals surface area contributed by atoms with Crippen LogP contribution in [0.3, 0.4) is 0 Å². The van der Waals surface area contributed by atoms with Crippen molar-refractivity contribution < 1.29 is 0 Å². The summed E-state index contributed by atoms with van der Waals surface area (Å²) >= 11 is 0. The Balaban J connectivity index is 2.36. The minimum absolute atomic E-state index is 0.263. The monoisotopic (exact) mass is 244 g/mol. The maximum Gasteiger partial charge on any atom is -0.0127 e. The molecule has 1 aliphatic rings. The predicted molar refractivity (Wildman–Crippen MR) is 80.4 cm³/mol. The highest BCUT2D eigenvalue weighted by atomic mass is 14.3. The Labute approximate surface area is 113 Å². The Morgan fingerprint density at radius 3 is 1.83 bits per heavy atom. The molecule has 100 valence electrons. The van der Waals surface area contributed by atoms with Gasteiger partial charge in [0.25, 0.3) is 0 Å². The van der Waals surface area contributed by atoms with Gasteiger partial charge in [-0.2, -0.15) is 0 Å². The van der Waals surface area contributed by atoms with Crippen LogP contribution in [0.4, 0.5) is 0 Å². The fourth-order valence-electron chi connectivity index (χ4n) is 3.85. The van der Waals surface area contributed by atoms with Crippen molar-refractivity contribution in [3.63, 3.8) is 0 Å². The van der Waals surface area contributed by atoms with Crippen LogP contribution in [0.25, 0.3) is 0 Å². The Bertz CT molecular complexity index is 391. The van der Waals surface area contributed by atoms with Crippen LogP contribution >= 0.6 is 0 Å². The molecule has 0 spiro atoms. The quantitative estimate of drug-likeness (QED) is 0.599. The number of hydrogen-bond donors (Lipinski definition) is 0. The molecule has 18 heavy (non-hydrogen) atoms. The van der Waals surface area contributed by atoms with E-state index >= 15 is 0 Å². The highest BCUT2D eigenvalue weighted by Crippen LogP contribution is 2.36. The highest BCUT2D eigenvalue weighted by Gasteiger charge is 2.22. The molecule has 1 aromatic carbocycles. The van der Waals surface area contributed by atoms with Crippen molar-refractivity contribution in [1.82, 2.24) is 0 Å². The molecule has 0 aromatic heterocycles. The van der Waals surface area contributed by atoms with Gasteiger partial charge >= 0.3 is 0 Å². The second kappa shape index (κ2) is 5.07. The van der Waals surface area contributed by atoms with Gasteiger partial charge in [0.1, 0.15) is 0 Å². The molecule has 0 radical (unpaired) electrons. The molecule has 0 bridgehead atoms. The summed E-state index contributed by atoms with van der Waals surface area (Å²) in [5.74, 6) is 0.824. The maximum absolute atomic E-state index is 2.46. The molecule has 0 amide bonds. The number of rotatable bonds is 1. The number of benzene rings is 1. The second-order valence-corrected chi connectivity index (χ2v) is 7.11. The van der Waals surface area contributed by atoms with E-state index in [9.17, 15) is 0 Å². The van der Waals surface area contributed by atoms with E-state index in [2.05, 4.69) is 46.8 Å². The van der Waals surface area contributed by atoms with Crippen LogP contribution < -0.4 is 0 Å². The molecule has 2 rings (SSSR count). The molecular weight excluding hydrogens is 216 g/mol. The van der Waals surface area contributed by atoms with Gasteiger partial charge in [-0.3, -0.25) is 0 Å². The van der Waals surface area contributed by atoms with Gasteiger partial charge in [-0.05, 0) is 60.3 Å². The fourth-order valence-corrected chi connectivity index (χ4v) is 3.85. The lowest BCUT2D eigenvalue weighted by Crippen LogP contribution is -2.16. The van der Waals surface area contributed by atoms with E-state index in [1.165, 1.54) is 43.2 Å². The molecule has 0 atom stereocenters. The van der Waals surface area contributed by atoms with Gasteiger partial charge in [0, 0.05) is 0 Å². The van der Waals surface area contributed by atoms with Crippen molar-refractivity contribution in [3.8, 4) is 0 Å². The van der Waals surface area contributed by atoms with Gasteiger partial charge < -0.3 is 0 Å². The van der Waals surface area contributed by atoms with Crippen molar-refractivity contribution >= 4 is 0 Å². The molecular formula is C18H28. The molecule has 1 fully saturated rings. The summed E-state index contributed by atoms with van der Waals surface area (Å²) in [6.45, 7) is 11.5. The SMILES string of the molecule is Cc1cc(C2CCCCC2)cc(C)c1C(C)(C)C. The Kier molecular flexibility index (Phi) is 3.84. The van der Waals surface area contributed by atoms with Gasteiger partial charge in [-0.15, -0.1) is 0 Å². The third-order valence-corrected chi connectivity index (χ3v) is 4.38. The first kappa shape index (κ1) is 13.6. The third kappa shape index (κ3) is 2.79. The van der Waals surface area contributed by atoms with Crippen LogP contribution in [-0.4, -0.2) is 0 Å². The first-order valence-corrected chi connectivity index (χ1v) is 7.51. The topological polar surface area (TPSA) is 0 Å². The molecule has 0 nitrogen and oxygen atoms in total. The zero-order valence-corrected chi connectivity index (χ0v) is 12.8. The number of hydrogen-bond acceptors (Lipinski definition) is 0. The van der Waals surface area contributed by atoms with Crippen LogP contribution in [0.1, 0.15) is 81.0 Å². The highest BCUT2D eigenvalue weighted by molar-refractivity contribution is 5.43. The van der Waals surface area contributed by atoms with E-state index in [1.54, 1.807) is 11.1 Å². The summed E-state index contributed by atoms with van der Waals surface area (Å²) in [4.78, 5) is 0. The molecule has 0 aliphatic heterocycles.